The van der Waals surface area contributed by atoms with Crippen LogP contribution in [-0.2, 0) is 11.2 Å². The molecule has 0 radical (unpaired) electrons. The molecule has 0 heterocycles. The average molecular weight is 356 g/mol. The summed E-state index contributed by atoms with van der Waals surface area (Å²) in [6.07, 6.45) is 4.45. The van der Waals surface area contributed by atoms with Crippen molar-refractivity contribution in [2.45, 2.75) is 26.2 Å². The molecule has 2 rings (SSSR count). The monoisotopic (exact) mass is 356 g/mol. The third kappa shape index (κ3) is 2.94. The summed E-state index contributed by atoms with van der Waals surface area (Å²) in [6, 6.07) is 6.16. The Morgan fingerprint density at radius 2 is 2.22 bits per heavy atom. The fourth-order valence-corrected chi connectivity index (χ4v) is 3.19. The Kier molecular flexibility index (Phi) is 4.43. The van der Waals surface area contributed by atoms with Gasteiger partial charge in [-0.2, -0.15) is 0 Å². The Morgan fingerprint density at radius 1 is 1.44 bits per heavy atom. The molecule has 96 valence electrons. The second kappa shape index (κ2) is 5.87. The number of allylic oxidation sites excluding steroid dienone is 2. The van der Waals surface area contributed by atoms with Crippen molar-refractivity contribution in [2.24, 2.45) is 5.92 Å². The number of hydrogen-bond donors (Lipinski definition) is 0. The van der Waals surface area contributed by atoms with Crippen molar-refractivity contribution in [1.82, 2.24) is 0 Å². The molecule has 0 amide bonds. The average Bonchev–Trinajstić information content (AvgIpc) is 2.35. The maximum Gasteiger partial charge on any atom is 0.155 e. The molecular weight excluding hydrogens is 339 g/mol. The van der Waals surface area contributed by atoms with Crippen molar-refractivity contribution in [1.29, 1.82) is 0 Å². The number of ketones is 1. The van der Waals surface area contributed by atoms with Crippen LogP contribution in [-0.4, -0.2) is 12.9 Å². The van der Waals surface area contributed by atoms with Crippen LogP contribution in [0.2, 0.25) is 0 Å². The quantitative estimate of drug-likeness (QED) is 0.771. The summed E-state index contributed by atoms with van der Waals surface area (Å²) in [7, 11) is 1.70. The minimum atomic E-state index is 0.268. The topological polar surface area (TPSA) is 26.3 Å². The molecule has 1 atom stereocenters. The molecule has 1 aliphatic carbocycles. The summed E-state index contributed by atoms with van der Waals surface area (Å²) in [5.74, 6) is 1.69. The minimum absolute atomic E-state index is 0.268. The highest BCUT2D eigenvalue weighted by atomic mass is 127. The van der Waals surface area contributed by atoms with Crippen LogP contribution in [0.25, 0.3) is 0 Å². The van der Waals surface area contributed by atoms with Crippen molar-refractivity contribution in [3.8, 4) is 5.75 Å². The largest absolute Gasteiger partial charge is 0.496 e. The van der Waals surface area contributed by atoms with Gasteiger partial charge in [-0.15, -0.1) is 0 Å². The van der Waals surface area contributed by atoms with E-state index in [0.717, 1.165) is 18.6 Å². The molecule has 0 spiro atoms. The van der Waals surface area contributed by atoms with E-state index in [2.05, 4.69) is 35.6 Å². The molecule has 2 nitrogen and oxygen atoms in total. The van der Waals surface area contributed by atoms with Crippen LogP contribution in [0.15, 0.2) is 29.8 Å². The zero-order chi connectivity index (χ0) is 13.1. The second-order valence-electron chi connectivity index (χ2n) is 4.73. The van der Waals surface area contributed by atoms with Crippen LogP contribution >= 0.6 is 22.6 Å². The van der Waals surface area contributed by atoms with Crippen LogP contribution in [0.4, 0.5) is 0 Å². The SMILES string of the molecule is COc1cccc(CC2CCC(=O)C=C2C)c1I. The van der Waals surface area contributed by atoms with Crippen LogP contribution in [0.5, 0.6) is 5.75 Å². The van der Waals surface area contributed by atoms with Crippen molar-refractivity contribution >= 4 is 28.4 Å². The first-order chi connectivity index (χ1) is 8.61. The standard InChI is InChI=1S/C15H17IO2/c1-10-8-13(17)7-6-11(10)9-12-4-3-5-14(18-2)15(12)16/h3-5,8,11H,6-7,9H2,1-2H3. The number of methoxy groups -OCH3 is 1. The predicted octanol–water partition coefficient (Wildman–Crippen LogP) is 3.77. The summed E-state index contributed by atoms with van der Waals surface area (Å²) in [4.78, 5) is 11.3. The van der Waals surface area contributed by atoms with Gasteiger partial charge in [0, 0.05) is 6.42 Å². The molecule has 0 saturated heterocycles. The lowest BCUT2D eigenvalue weighted by atomic mass is 9.84. The van der Waals surface area contributed by atoms with Gasteiger partial charge in [0.25, 0.3) is 0 Å². The van der Waals surface area contributed by atoms with E-state index in [1.807, 2.05) is 12.1 Å². The first-order valence-electron chi connectivity index (χ1n) is 6.14. The third-order valence-electron chi connectivity index (χ3n) is 3.50. The Bertz CT molecular complexity index is 491. The Balaban J connectivity index is 2.20. The molecule has 1 unspecified atom stereocenters. The molecule has 1 aromatic carbocycles. The van der Waals surface area contributed by atoms with Gasteiger partial charge in [0.1, 0.15) is 5.75 Å². The molecule has 0 aliphatic heterocycles. The molecule has 0 bridgehead atoms. The van der Waals surface area contributed by atoms with Crippen molar-refractivity contribution in [2.75, 3.05) is 7.11 Å². The second-order valence-corrected chi connectivity index (χ2v) is 5.81. The Hall–Kier alpha value is -0.840. The molecule has 18 heavy (non-hydrogen) atoms. The van der Waals surface area contributed by atoms with E-state index in [4.69, 9.17) is 4.74 Å². The number of halogens is 1. The van der Waals surface area contributed by atoms with Gasteiger partial charge in [-0.05, 0) is 66.0 Å². The van der Waals surface area contributed by atoms with Gasteiger partial charge in [0.15, 0.2) is 5.78 Å². The van der Waals surface area contributed by atoms with Gasteiger partial charge in [0.2, 0.25) is 0 Å². The highest BCUT2D eigenvalue weighted by Gasteiger charge is 2.20. The molecule has 0 aromatic heterocycles. The van der Waals surface area contributed by atoms with E-state index in [-0.39, 0.29) is 5.78 Å². The highest BCUT2D eigenvalue weighted by Crippen LogP contribution is 2.31. The number of benzene rings is 1. The number of hydrogen-bond acceptors (Lipinski definition) is 2. The number of carbonyl (C=O) groups is 1. The van der Waals surface area contributed by atoms with E-state index in [1.165, 1.54) is 14.7 Å². The van der Waals surface area contributed by atoms with E-state index in [1.54, 1.807) is 13.2 Å². The van der Waals surface area contributed by atoms with Crippen molar-refractivity contribution in [3.05, 3.63) is 39.0 Å². The normalized spacial score (nSPS) is 19.6. The van der Waals surface area contributed by atoms with Gasteiger partial charge < -0.3 is 4.74 Å². The van der Waals surface area contributed by atoms with Crippen LogP contribution < -0.4 is 4.74 Å². The summed E-state index contributed by atoms with van der Waals surface area (Å²) in [5.41, 5.74) is 2.52. The van der Waals surface area contributed by atoms with Crippen LogP contribution in [0.1, 0.15) is 25.3 Å². The lowest BCUT2D eigenvalue weighted by Gasteiger charge is -2.22. The summed E-state index contributed by atoms with van der Waals surface area (Å²) in [5, 5.41) is 0. The summed E-state index contributed by atoms with van der Waals surface area (Å²) >= 11 is 2.34. The fraction of sp³-hybridized carbons (Fsp3) is 0.400. The first-order valence-corrected chi connectivity index (χ1v) is 7.22. The maximum absolute atomic E-state index is 11.3. The number of rotatable bonds is 3. The van der Waals surface area contributed by atoms with Gasteiger partial charge >= 0.3 is 0 Å². The van der Waals surface area contributed by atoms with Gasteiger partial charge in [-0.25, -0.2) is 0 Å². The maximum atomic E-state index is 11.3. The summed E-state index contributed by atoms with van der Waals surface area (Å²) in [6.45, 7) is 2.06. The number of carbonyl (C=O) groups excluding carboxylic acids is 1. The first kappa shape index (κ1) is 13.6. The zero-order valence-corrected chi connectivity index (χ0v) is 12.9. The molecule has 1 aromatic rings. The van der Waals surface area contributed by atoms with Gasteiger partial charge in [0.05, 0.1) is 10.7 Å². The summed E-state index contributed by atoms with van der Waals surface area (Å²) < 4.78 is 6.53. The van der Waals surface area contributed by atoms with Gasteiger partial charge in [-0.3, -0.25) is 4.79 Å². The lowest BCUT2D eigenvalue weighted by molar-refractivity contribution is -0.115. The Morgan fingerprint density at radius 3 is 2.89 bits per heavy atom. The fourth-order valence-electron chi connectivity index (χ4n) is 2.39. The van der Waals surface area contributed by atoms with Crippen molar-refractivity contribution < 1.29 is 9.53 Å². The molecular formula is C15H17IO2. The van der Waals surface area contributed by atoms with Crippen molar-refractivity contribution in [3.63, 3.8) is 0 Å². The van der Waals surface area contributed by atoms with E-state index in [9.17, 15) is 4.79 Å². The highest BCUT2D eigenvalue weighted by molar-refractivity contribution is 14.1. The zero-order valence-electron chi connectivity index (χ0n) is 10.7. The van der Waals surface area contributed by atoms with E-state index in [0.29, 0.717) is 12.3 Å². The lowest BCUT2D eigenvalue weighted by Crippen LogP contribution is -2.15. The van der Waals surface area contributed by atoms with Crippen LogP contribution in [0.3, 0.4) is 0 Å². The molecule has 3 heteroatoms. The van der Waals surface area contributed by atoms with Gasteiger partial charge in [-0.1, -0.05) is 17.7 Å². The molecule has 0 fully saturated rings. The Labute approximate surface area is 122 Å². The van der Waals surface area contributed by atoms with E-state index < -0.39 is 0 Å². The predicted molar refractivity (Wildman–Crippen MR) is 80.9 cm³/mol. The minimum Gasteiger partial charge on any atom is -0.496 e. The number of ether oxygens (including phenoxy) is 1. The smallest absolute Gasteiger partial charge is 0.155 e. The third-order valence-corrected chi connectivity index (χ3v) is 4.73. The van der Waals surface area contributed by atoms with E-state index >= 15 is 0 Å². The molecule has 0 saturated carbocycles. The molecule has 0 N–H and O–H groups in total. The molecule has 1 aliphatic rings. The van der Waals surface area contributed by atoms with Crippen LogP contribution in [0, 0.1) is 9.49 Å².